The quantitative estimate of drug-likeness (QED) is 0.464. The molecule has 0 amide bonds. The van der Waals surface area contributed by atoms with Crippen molar-refractivity contribution in [3.8, 4) is 11.3 Å². The van der Waals surface area contributed by atoms with E-state index in [0.29, 0.717) is 36.6 Å². The van der Waals surface area contributed by atoms with Crippen molar-refractivity contribution in [3.63, 3.8) is 0 Å². The molecule has 1 atom stereocenters. The summed E-state index contributed by atoms with van der Waals surface area (Å²) in [6, 6.07) is 4.32. The Bertz CT molecular complexity index is 1420. The van der Waals surface area contributed by atoms with Gasteiger partial charge in [-0.25, -0.2) is 19.3 Å². The van der Waals surface area contributed by atoms with Crippen molar-refractivity contribution in [2.24, 2.45) is 7.05 Å². The van der Waals surface area contributed by atoms with Crippen molar-refractivity contribution in [2.75, 3.05) is 18.0 Å². The Morgan fingerprint density at radius 3 is 2.69 bits per heavy atom. The van der Waals surface area contributed by atoms with Gasteiger partial charge >= 0.3 is 0 Å². The molecule has 32 heavy (non-hydrogen) atoms. The Labute approximate surface area is 186 Å². The third-order valence-corrected chi connectivity index (χ3v) is 5.92. The first-order valence-corrected chi connectivity index (χ1v) is 10.5. The lowest BCUT2D eigenvalue weighted by Crippen LogP contribution is -2.26. The van der Waals surface area contributed by atoms with Crippen molar-refractivity contribution in [1.29, 1.82) is 0 Å². The zero-order chi connectivity index (χ0) is 22.6. The Hall–Kier alpha value is -3.40. The Kier molecular flexibility index (Phi) is 4.89. The molecule has 1 fully saturated rings. The fourth-order valence-electron chi connectivity index (χ4n) is 3.87. The number of aryl methyl sites for hydroxylation is 2. The van der Waals surface area contributed by atoms with Crippen LogP contribution in [-0.4, -0.2) is 42.7 Å². The van der Waals surface area contributed by atoms with Gasteiger partial charge in [-0.1, -0.05) is 16.8 Å². The molecule has 0 bridgehead atoms. The number of nitrogens with zero attached hydrogens (tertiary/aromatic N) is 7. The first-order chi connectivity index (χ1) is 15.3. The fourth-order valence-corrected chi connectivity index (χ4v) is 4.03. The molecule has 4 aromatic rings. The SMILES string of the molecule is Cc1noc(C2CCN(c3nc(-c4ccc(Cl)cc4F)c4nc(C)n(C)c(=O)c4n3)C2)n1. The second-order valence-electron chi connectivity index (χ2n) is 7.83. The van der Waals surface area contributed by atoms with Crippen LogP contribution in [0.25, 0.3) is 22.3 Å². The van der Waals surface area contributed by atoms with E-state index >= 15 is 0 Å². The van der Waals surface area contributed by atoms with Gasteiger partial charge in [0.1, 0.15) is 22.9 Å². The molecule has 0 spiro atoms. The molecule has 0 N–H and O–H groups in total. The van der Waals surface area contributed by atoms with Gasteiger partial charge in [0.15, 0.2) is 11.3 Å². The number of hydrogen-bond donors (Lipinski definition) is 0. The van der Waals surface area contributed by atoms with E-state index in [-0.39, 0.29) is 38.8 Å². The summed E-state index contributed by atoms with van der Waals surface area (Å²) in [4.78, 5) is 32.9. The second-order valence-corrected chi connectivity index (χ2v) is 8.26. The van der Waals surface area contributed by atoms with Gasteiger partial charge in [0.25, 0.3) is 5.56 Å². The zero-order valence-electron chi connectivity index (χ0n) is 17.6. The van der Waals surface area contributed by atoms with Gasteiger partial charge in [-0.2, -0.15) is 4.98 Å². The van der Waals surface area contributed by atoms with E-state index in [1.54, 1.807) is 27.0 Å². The third-order valence-electron chi connectivity index (χ3n) is 5.69. The summed E-state index contributed by atoms with van der Waals surface area (Å²) in [7, 11) is 1.62. The van der Waals surface area contributed by atoms with Gasteiger partial charge in [-0.3, -0.25) is 9.36 Å². The highest BCUT2D eigenvalue weighted by Crippen LogP contribution is 2.33. The maximum atomic E-state index is 14.8. The number of benzene rings is 1. The molecule has 3 aromatic heterocycles. The summed E-state index contributed by atoms with van der Waals surface area (Å²) in [5.74, 6) is 1.40. The van der Waals surface area contributed by atoms with Gasteiger partial charge < -0.3 is 9.42 Å². The minimum Gasteiger partial charge on any atom is -0.340 e. The highest BCUT2D eigenvalue weighted by Gasteiger charge is 2.31. The van der Waals surface area contributed by atoms with Crippen LogP contribution in [-0.2, 0) is 7.05 Å². The predicted octanol–water partition coefficient (Wildman–Crippen LogP) is 3.18. The normalized spacial score (nSPS) is 16.3. The number of rotatable bonds is 3. The lowest BCUT2D eigenvalue weighted by molar-refractivity contribution is 0.356. The van der Waals surface area contributed by atoms with Crippen molar-refractivity contribution >= 4 is 28.6 Å². The Balaban J connectivity index is 1.66. The molecule has 1 aromatic carbocycles. The molecule has 1 unspecified atom stereocenters. The lowest BCUT2D eigenvalue weighted by atomic mass is 10.1. The fraction of sp³-hybridized carbons (Fsp3) is 0.333. The first-order valence-electron chi connectivity index (χ1n) is 10.1. The standard InChI is InChI=1S/C21H19ClFN7O2/c1-10-24-19(32-28-10)12-6-7-30(9-12)21-26-16(14-5-4-13(22)8-15(14)23)17-18(27-21)20(31)29(3)11(2)25-17/h4-5,8,12H,6-7,9H2,1-3H3. The summed E-state index contributed by atoms with van der Waals surface area (Å²) >= 11 is 5.93. The maximum absolute atomic E-state index is 14.8. The number of aromatic nitrogens is 6. The van der Waals surface area contributed by atoms with Crippen LogP contribution in [0.15, 0.2) is 27.5 Å². The molecule has 1 saturated heterocycles. The number of hydrogen-bond acceptors (Lipinski definition) is 8. The summed E-state index contributed by atoms with van der Waals surface area (Å²) in [6.07, 6.45) is 0.762. The van der Waals surface area contributed by atoms with E-state index in [1.807, 2.05) is 4.90 Å². The number of fused-ring (bicyclic) bond motifs is 1. The van der Waals surface area contributed by atoms with E-state index in [2.05, 4.69) is 25.1 Å². The summed E-state index contributed by atoms with van der Waals surface area (Å²) in [6.45, 7) is 4.63. The minimum atomic E-state index is -0.552. The highest BCUT2D eigenvalue weighted by molar-refractivity contribution is 6.30. The largest absolute Gasteiger partial charge is 0.340 e. The van der Waals surface area contributed by atoms with Gasteiger partial charge in [0.2, 0.25) is 11.8 Å². The number of halogens is 2. The molecule has 1 aliphatic heterocycles. The lowest BCUT2D eigenvalue weighted by Gasteiger charge is -2.18. The molecule has 0 aliphatic carbocycles. The smallest absolute Gasteiger partial charge is 0.279 e. The first kappa shape index (κ1) is 20.5. The molecule has 0 radical (unpaired) electrons. The van der Waals surface area contributed by atoms with Crippen LogP contribution in [0.2, 0.25) is 5.02 Å². The van der Waals surface area contributed by atoms with Crippen molar-refractivity contribution in [3.05, 3.63) is 56.9 Å². The topological polar surface area (TPSA) is 103 Å². The Morgan fingerprint density at radius 1 is 1.16 bits per heavy atom. The van der Waals surface area contributed by atoms with Crippen LogP contribution in [0, 0.1) is 19.7 Å². The van der Waals surface area contributed by atoms with Gasteiger partial charge in [0, 0.05) is 30.7 Å². The van der Waals surface area contributed by atoms with Gasteiger partial charge in [-0.15, -0.1) is 0 Å². The van der Waals surface area contributed by atoms with Crippen LogP contribution in [0.5, 0.6) is 0 Å². The minimum absolute atomic E-state index is 0.0187. The summed E-state index contributed by atoms with van der Waals surface area (Å²) < 4.78 is 21.6. The van der Waals surface area contributed by atoms with Crippen LogP contribution >= 0.6 is 11.6 Å². The molecule has 1 aliphatic rings. The molecular formula is C21H19ClFN7O2. The van der Waals surface area contributed by atoms with Crippen LogP contribution in [0.4, 0.5) is 10.3 Å². The molecule has 0 saturated carbocycles. The van der Waals surface area contributed by atoms with Crippen LogP contribution < -0.4 is 10.5 Å². The molecule has 164 valence electrons. The second kappa shape index (κ2) is 7.63. The van der Waals surface area contributed by atoms with E-state index in [1.165, 1.54) is 16.7 Å². The molecule has 9 nitrogen and oxygen atoms in total. The molecular weight excluding hydrogens is 437 g/mol. The molecule has 5 rings (SSSR count). The van der Waals surface area contributed by atoms with Gasteiger partial charge in [0.05, 0.1) is 5.92 Å². The van der Waals surface area contributed by atoms with Crippen molar-refractivity contribution in [1.82, 2.24) is 29.7 Å². The predicted molar refractivity (Wildman–Crippen MR) is 116 cm³/mol. The number of anilines is 1. The summed E-state index contributed by atoms with van der Waals surface area (Å²) in [5.41, 5.74) is 0.502. The van der Waals surface area contributed by atoms with Crippen LogP contribution in [0.3, 0.4) is 0 Å². The van der Waals surface area contributed by atoms with E-state index in [9.17, 15) is 9.18 Å². The Morgan fingerprint density at radius 2 is 1.97 bits per heavy atom. The molecule has 4 heterocycles. The van der Waals surface area contributed by atoms with E-state index in [0.717, 1.165) is 6.42 Å². The van der Waals surface area contributed by atoms with Crippen molar-refractivity contribution < 1.29 is 8.91 Å². The third kappa shape index (κ3) is 3.40. The van der Waals surface area contributed by atoms with Crippen LogP contribution in [0.1, 0.15) is 29.9 Å². The maximum Gasteiger partial charge on any atom is 0.279 e. The average molecular weight is 456 g/mol. The van der Waals surface area contributed by atoms with Gasteiger partial charge in [-0.05, 0) is 38.5 Å². The zero-order valence-corrected chi connectivity index (χ0v) is 18.4. The summed E-state index contributed by atoms with van der Waals surface area (Å²) in [5, 5.41) is 4.13. The monoisotopic (exact) mass is 455 g/mol. The highest BCUT2D eigenvalue weighted by atomic mass is 35.5. The molecule has 11 heteroatoms. The van der Waals surface area contributed by atoms with E-state index in [4.69, 9.17) is 16.1 Å². The average Bonchev–Trinajstić information content (AvgIpc) is 3.41. The van der Waals surface area contributed by atoms with Crippen molar-refractivity contribution in [2.45, 2.75) is 26.2 Å². The van der Waals surface area contributed by atoms with E-state index < -0.39 is 5.82 Å².